The van der Waals surface area contributed by atoms with Gasteiger partial charge in [-0.2, -0.15) is 5.10 Å². The van der Waals surface area contributed by atoms with E-state index < -0.39 is 21.7 Å². The van der Waals surface area contributed by atoms with Crippen LogP contribution in [0.15, 0.2) is 77.7 Å². The third-order valence-electron chi connectivity index (χ3n) is 4.47. The van der Waals surface area contributed by atoms with Crippen molar-refractivity contribution in [1.82, 2.24) is 9.78 Å². The number of nitrogens with two attached hydrogens (primary N) is 1. The van der Waals surface area contributed by atoms with E-state index in [1.54, 1.807) is 30.3 Å². The summed E-state index contributed by atoms with van der Waals surface area (Å²) in [5, 5.41) is 10.3. The Morgan fingerprint density at radius 1 is 0.900 bits per heavy atom. The lowest BCUT2D eigenvalue weighted by Gasteiger charge is -2.12. The van der Waals surface area contributed by atoms with Crippen molar-refractivity contribution in [3.05, 3.63) is 89.5 Å². The number of sulfonamides is 1. The van der Waals surface area contributed by atoms with Gasteiger partial charge in [-0.3, -0.25) is 0 Å². The lowest BCUT2D eigenvalue weighted by atomic mass is 10.1. The molecule has 0 saturated carbocycles. The van der Waals surface area contributed by atoms with Gasteiger partial charge in [-0.15, -0.1) is 0 Å². The highest BCUT2D eigenvalue weighted by atomic mass is 35.5. The molecule has 0 bridgehead atoms. The molecule has 0 spiro atoms. The highest BCUT2D eigenvalue weighted by Crippen LogP contribution is 2.33. The topological polar surface area (TPSA) is 78.0 Å². The van der Waals surface area contributed by atoms with E-state index in [0.29, 0.717) is 16.3 Å². The Hall–Kier alpha value is -3.07. The number of benzene rings is 3. The molecule has 152 valence electrons. The fourth-order valence-electron chi connectivity index (χ4n) is 3.12. The largest absolute Gasteiger partial charge is 0.240 e. The Morgan fingerprint density at radius 2 is 1.53 bits per heavy atom. The minimum absolute atomic E-state index is 0.0339. The molecule has 3 aromatic carbocycles. The summed E-state index contributed by atoms with van der Waals surface area (Å²) in [7, 11) is -4.13. The number of primary sulfonamides is 1. The number of para-hydroxylation sites is 1. The molecule has 4 aromatic rings. The molecule has 1 heterocycles. The van der Waals surface area contributed by atoms with Crippen LogP contribution in [0.3, 0.4) is 0 Å². The average Bonchev–Trinajstić information content (AvgIpc) is 3.12. The molecule has 1 aromatic heterocycles. The van der Waals surface area contributed by atoms with Crippen LogP contribution in [0.1, 0.15) is 0 Å². The molecule has 0 radical (unpaired) electrons. The summed E-state index contributed by atoms with van der Waals surface area (Å²) in [6, 6.07) is 17.5. The van der Waals surface area contributed by atoms with Crippen molar-refractivity contribution in [3.8, 4) is 28.2 Å². The van der Waals surface area contributed by atoms with E-state index >= 15 is 0 Å². The van der Waals surface area contributed by atoms with Crippen LogP contribution < -0.4 is 5.14 Å². The lowest BCUT2D eigenvalue weighted by Crippen LogP contribution is -2.16. The highest BCUT2D eigenvalue weighted by Gasteiger charge is 2.23. The van der Waals surface area contributed by atoms with Crippen molar-refractivity contribution in [1.29, 1.82) is 0 Å². The van der Waals surface area contributed by atoms with E-state index in [1.165, 1.54) is 35.0 Å². The van der Waals surface area contributed by atoms with Gasteiger partial charge in [0, 0.05) is 10.6 Å². The normalized spacial score (nSPS) is 11.6. The SMILES string of the molecule is NS(=O)(=O)c1ccccc1-n1nc(-c2ccc(Cl)cc2)cc1-c1c(F)cccc1F. The average molecular weight is 446 g/mol. The molecule has 0 saturated heterocycles. The second-order valence-electron chi connectivity index (χ2n) is 6.44. The van der Waals surface area contributed by atoms with Crippen LogP contribution in [-0.2, 0) is 10.0 Å². The molecule has 0 amide bonds. The second kappa shape index (κ2) is 7.64. The predicted molar refractivity (Wildman–Crippen MR) is 111 cm³/mol. The third-order valence-corrected chi connectivity index (χ3v) is 5.68. The minimum Gasteiger partial charge on any atom is -0.231 e. The van der Waals surface area contributed by atoms with Crippen molar-refractivity contribution in [2.75, 3.05) is 0 Å². The number of hydrogen-bond donors (Lipinski definition) is 1. The maximum Gasteiger partial charge on any atom is 0.240 e. The van der Waals surface area contributed by atoms with E-state index in [-0.39, 0.29) is 21.8 Å². The van der Waals surface area contributed by atoms with Gasteiger partial charge in [0.15, 0.2) is 0 Å². The maximum absolute atomic E-state index is 14.6. The van der Waals surface area contributed by atoms with Gasteiger partial charge in [-0.1, -0.05) is 41.9 Å². The molecule has 30 heavy (non-hydrogen) atoms. The van der Waals surface area contributed by atoms with Gasteiger partial charge in [0.2, 0.25) is 10.0 Å². The minimum atomic E-state index is -4.13. The molecule has 0 fully saturated rings. The molecular weight excluding hydrogens is 432 g/mol. The van der Waals surface area contributed by atoms with Crippen LogP contribution in [0.4, 0.5) is 8.78 Å². The summed E-state index contributed by atoms with van der Waals surface area (Å²) in [5.41, 5.74) is 0.761. The fraction of sp³-hybridized carbons (Fsp3) is 0. The number of halogens is 3. The molecule has 5 nitrogen and oxygen atoms in total. The zero-order valence-electron chi connectivity index (χ0n) is 15.3. The Morgan fingerprint density at radius 3 is 2.17 bits per heavy atom. The van der Waals surface area contributed by atoms with E-state index in [2.05, 4.69) is 5.10 Å². The first-order valence-electron chi connectivity index (χ1n) is 8.68. The summed E-state index contributed by atoms with van der Waals surface area (Å²) in [6.45, 7) is 0. The molecular formula is C21H14ClF2N3O2S. The summed E-state index contributed by atoms with van der Waals surface area (Å²) in [4.78, 5) is -0.228. The quantitative estimate of drug-likeness (QED) is 0.490. The smallest absolute Gasteiger partial charge is 0.231 e. The van der Waals surface area contributed by atoms with Gasteiger partial charge >= 0.3 is 0 Å². The molecule has 0 aliphatic carbocycles. The van der Waals surface area contributed by atoms with Crippen molar-refractivity contribution < 1.29 is 17.2 Å². The molecule has 0 aliphatic heterocycles. The molecule has 0 aliphatic rings. The molecule has 9 heteroatoms. The molecule has 2 N–H and O–H groups in total. The van der Waals surface area contributed by atoms with Crippen LogP contribution in [0, 0.1) is 11.6 Å². The van der Waals surface area contributed by atoms with Crippen LogP contribution in [0.5, 0.6) is 0 Å². The van der Waals surface area contributed by atoms with E-state index in [4.69, 9.17) is 16.7 Å². The molecule has 0 unspecified atom stereocenters. The van der Waals surface area contributed by atoms with E-state index in [0.717, 1.165) is 12.1 Å². The van der Waals surface area contributed by atoms with Gasteiger partial charge in [0.1, 0.15) is 16.5 Å². The van der Waals surface area contributed by atoms with Crippen molar-refractivity contribution in [2.24, 2.45) is 5.14 Å². The number of nitrogens with zero attached hydrogens (tertiary/aromatic N) is 2. The fourth-order valence-corrected chi connectivity index (χ4v) is 3.96. The van der Waals surface area contributed by atoms with Gasteiger partial charge in [0.25, 0.3) is 0 Å². The Kier molecular flexibility index (Phi) is 5.15. The zero-order chi connectivity index (χ0) is 21.5. The number of rotatable bonds is 4. The van der Waals surface area contributed by atoms with Gasteiger partial charge in [-0.05, 0) is 42.5 Å². The summed E-state index contributed by atoms with van der Waals surface area (Å²) in [5.74, 6) is -1.63. The predicted octanol–water partition coefficient (Wildman–Crippen LogP) is 4.79. The van der Waals surface area contributed by atoms with Crippen LogP contribution >= 0.6 is 11.6 Å². The lowest BCUT2D eigenvalue weighted by molar-refractivity contribution is 0.587. The van der Waals surface area contributed by atoms with Gasteiger partial charge < -0.3 is 0 Å². The molecule has 0 atom stereocenters. The Bertz CT molecular complexity index is 1330. The van der Waals surface area contributed by atoms with Crippen LogP contribution in [0.2, 0.25) is 5.02 Å². The van der Waals surface area contributed by atoms with Crippen molar-refractivity contribution >= 4 is 21.6 Å². The van der Waals surface area contributed by atoms with Crippen LogP contribution in [0.25, 0.3) is 28.2 Å². The Labute approximate surface area is 176 Å². The first-order valence-corrected chi connectivity index (χ1v) is 10.6. The first kappa shape index (κ1) is 20.2. The van der Waals surface area contributed by atoms with Crippen LogP contribution in [-0.4, -0.2) is 18.2 Å². The third kappa shape index (κ3) is 3.72. The standard InChI is InChI=1S/C21H14ClF2N3O2S/c22-14-10-8-13(9-11-14)17-12-19(21-15(23)4-3-5-16(21)24)27(26-17)18-6-1-2-7-20(18)30(25,28)29/h1-12H,(H2,25,28,29). The Balaban J connectivity index is 2.05. The number of aromatic nitrogens is 2. The van der Waals surface area contributed by atoms with Crippen molar-refractivity contribution in [3.63, 3.8) is 0 Å². The summed E-state index contributed by atoms with van der Waals surface area (Å²) < 4.78 is 54.5. The monoisotopic (exact) mass is 445 g/mol. The van der Waals surface area contributed by atoms with Gasteiger partial charge in [-0.25, -0.2) is 27.0 Å². The number of hydrogen-bond acceptors (Lipinski definition) is 3. The van der Waals surface area contributed by atoms with Gasteiger partial charge in [0.05, 0.1) is 22.6 Å². The van der Waals surface area contributed by atoms with E-state index in [1.807, 2.05) is 0 Å². The second-order valence-corrected chi connectivity index (χ2v) is 8.41. The zero-order valence-corrected chi connectivity index (χ0v) is 16.8. The van der Waals surface area contributed by atoms with E-state index in [9.17, 15) is 17.2 Å². The summed E-state index contributed by atoms with van der Waals surface area (Å²) >= 11 is 5.93. The maximum atomic E-state index is 14.6. The summed E-state index contributed by atoms with van der Waals surface area (Å²) in [6.07, 6.45) is 0. The highest BCUT2D eigenvalue weighted by molar-refractivity contribution is 7.89. The molecule has 4 rings (SSSR count). The first-order chi connectivity index (χ1) is 14.3. The van der Waals surface area contributed by atoms with Crippen molar-refractivity contribution in [2.45, 2.75) is 4.90 Å².